The van der Waals surface area contributed by atoms with Crippen molar-refractivity contribution in [1.82, 2.24) is 15.5 Å². The second-order valence-electron chi connectivity index (χ2n) is 2.97. The van der Waals surface area contributed by atoms with Gasteiger partial charge in [0.15, 0.2) is 5.82 Å². The first-order valence-corrected chi connectivity index (χ1v) is 3.93. The first kappa shape index (κ1) is 10.4. The van der Waals surface area contributed by atoms with Crippen LogP contribution in [0.15, 0.2) is 4.52 Å². The van der Waals surface area contributed by atoms with Gasteiger partial charge in [-0.05, 0) is 6.92 Å². The van der Waals surface area contributed by atoms with Gasteiger partial charge < -0.3 is 9.84 Å². The van der Waals surface area contributed by atoms with Crippen LogP contribution < -0.4 is 5.32 Å². The van der Waals surface area contributed by atoms with Crippen molar-refractivity contribution in [2.45, 2.75) is 25.6 Å². The van der Waals surface area contributed by atoms with Crippen molar-refractivity contribution in [2.24, 2.45) is 0 Å². The van der Waals surface area contributed by atoms with Gasteiger partial charge in [0.2, 0.25) is 5.89 Å². The summed E-state index contributed by atoms with van der Waals surface area (Å²) in [4.78, 5) is 4.02. The lowest BCUT2D eigenvalue weighted by atomic mass is 10.2. The molecule has 0 saturated carbocycles. The molecule has 2 heterocycles. The molecule has 2 rings (SSSR count). The molecule has 1 fully saturated rings. The van der Waals surface area contributed by atoms with E-state index in [1.165, 1.54) is 0 Å². The summed E-state index contributed by atoms with van der Waals surface area (Å²) >= 11 is 0. The summed E-state index contributed by atoms with van der Waals surface area (Å²) < 4.78 is 17.6. The summed E-state index contributed by atoms with van der Waals surface area (Å²) in [5.74, 6) is 1.08. The normalized spacial score (nSPS) is 27.2. The third kappa shape index (κ3) is 2.16. The van der Waals surface area contributed by atoms with Gasteiger partial charge in [-0.15, -0.1) is 12.4 Å². The summed E-state index contributed by atoms with van der Waals surface area (Å²) in [6.07, 6.45) is -0.357. The maximum absolute atomic E-state index is 12.7. The fourth-order valence-electron chi connectivity index (χ4n) is 1.34. The van der Waals surface area contributed by atoms with Gasteiger partial charge in [0, 0.05) is 13.0 Å². The Labute approximate surface area is 81.3 Å². The van der Waals surface area contributed by atoms with Crippen molar-refractivity contribution in [3.05, 3.63) is 11.7 Å². The van der Waals surface area contributed by atoms with E-state index in [1.807, 2.05) is 0 Å². The highest BCUT2D eigenvalue weighted by Gasteiger charge is 2.28. The third-order valence-electron chi connectivity index (χ3n) is 1.92. The van der Waals surface area contributed by atoms with E-state index >= 15 is 0 Å². The van der Waals surface area contributed by atoms with Gasteiger partial charge in [-0.3, -0.25) is 0 Å². The summed E-state index contributed by atoms with van der Waals surface area (Å²) in [7, 11) is 0. The minimum atomic E-state index is -0.790. The van der Waals surface area contributed by atoms with E-state index < -0.39 is 6.17 Å². The first-order chi connectivity index (χ1) is 5.75. The zero-order valence-corrected chi connectivity index (χ0v) is 7.97. The van der Waals surface area contributed by atoms with Crippen LogP contribution in [0.25, 0.3) is 0 Å². The lowest BCUT2D eigenvalue weighted by molar-refractivity contribution is 0.323. The largest absolute Gasteiger partial charge is 0.338 e. The lowest BCUT2D eigenvalue weighted by Crippen LogP contribution is -2.14. The van der Waals surface area contributed by atoms with Crippen molar-refractivity contribution in [2.75, 3.05) is 6.54 Å². The summed E-state index contributed by atoms with van der Waals surface area (Å²) in [5, 5.41) is 6.60. The van der Waals surface area contributed by atoms with Gasteiger partial charge in [0.05, 0.1) is 6.04 Å². The summed E-state index contributed by atoms with van der Waals surface area (Å²) in [5.41, 5.74) is 0. The summed E-state index contributed by atoms with van der Waals surface area (Å²) in [6.45, 7) is 2.13. The molecule has 0 unspecified atom stereocenters. The monoisotopic (exact) mass is 207 g/mol. The van der Waals surface area contributed by atoms with E-state index in [1.54, 1.807) is 6.92 Å². The Morgan fingerprint density at radius 1 is 1.62 bits per heavy atom. The molecule has 1 aromatic rings. The molecule has 2 atom stereocenters. The predicted octanol–water partition coefficient (Wildman–Crippen LogP) is 1.17. The van der Waals surface area contributed by atoms with Crippen LogP contribution in [-0.2, 0) is 0 Å². The minimum absolute atomic E-state index is 0. The molecule has 0 amide bonds. The van der Waals surface area contributed by atoms with Gasteiger partial charge in [-0.1, -0.05) is 5.16 Å². The van der Waals surface area contributed by atoms with E-state index in [2.05, 4.69) is 15.5 Å². The Morgan fingerprint density at radius 3 is 2.85 bits per heavy atom. The Bertz CT molecular complexity index is 280. The van der Waals surface area contributed by atoms with E-state index in [-0.39, 0.29) is 18.4 Å². The average Bonchev–Trinajstić information content (AvgIpc) is 2.58. The van der Waals surface area contributed by atoms with Crippen molar-refractivity contribution in [3.63, 3.8) is 0 Å². The third-order valence-corrected chi connectivity index (χ3v) is 1.92. The van der Waals surface area contributed by atoms with Crippen LogP contribution in [0, 0.1) is 6.92 Å². The zero-order chi connectivity index (χ0) is 8.55. The molecule has 1 saturated heterocycles. The number of rotatable bonds is 1. The minimum Gasteiger partial charge on any atom is -0.338 e. The smallest absolute Gasteiger partial charge is 0.243 e. The quantitative estimate of drug-likeness (QED) is 0.751. The highest BCUT2D eigenvalue weighted by atomic mass is 35.5. The standard InChI is InChI=1S/C7H10FN3O.ClH/c1-4-10-7(12-11-4)6-2-5(8)3-9-6;/h5-6,9H,2-3H2,1H3;1H/t5-,6+;/m0./s1. The highest BCUT2D eigenvalue weighted by Crippen LogP contribution is 2.23. The topological polar surface area (TPSA) is 51.0 Å². The summed E-state index contributed by atoms with van der Waals surface area (Å²) in [6, 6.07) is -0.0961. The Hall–Kier alpha value is -0.680. The van der Waals surface area contributed by atoms with Crippen LogP contribution >= 0.6 is 12.4 Å². The molecule has 0 bridgehead atoms. The van der Waals surface area contributed by atoms with E-state index in [0.29, 0.717) is 24.7 Å². The van der Waals surface area contributed by atoms with Crippen LogP contribution in [0.4, 0.5) is 4.39 Å². The zero-order valence-electron chi connectivity index (χ0n) is 7.16. The number of hydrogen-bond donors (Lipinski definition) is 1. The molecule has 74 valence electrons. The van der Waals surface area contributed by atoms with Crippen molar-refractivity contribution >= 4 is 12.4 Å². The lowest BCUT2D eigenvalue weighted by Gasteiger charge is -2.00. The molecule has 1 N–H and O–H groups in total. The number of aryl methyl sites for hydroxylation is 1. The second kappa shape index (κ2) is 4.02. The Kier molecular flexibility index (Phi) is 3.22. The molecule has 1 aliphatic heterocycles. The number of nitrogens with one attached hydrogen (secondary N) is 1. The maximum atomic E-state index is 12.7. The number of alkyl halides is 1. The number of nitrogens with zero attached hydrogens (tertiary/aromatic N) is 2. The fourth-order valence-corrected chi connectivity index (χ4v) is 1.34. The molecular formula is C7H11ClFN3O. The highest BCUT2D eigenvalue weighted by molar-refractivity contribution is 5.85. The van der Waals surface area contributed by atoms with Crippen LogP contribution in [0.5, 0.6) is 0 Å². The molecule has 6 heteroatoms. The van der Waals surface area contributed by atoms with Crippen molar-refractivity contribution in [3.8, 4) is 0 Å². The number of hydrogen-bond acceptors (Lipinski definition) is 4. The van der Waals surface area contributed by atoms with E-state index in [9.17, 15) is 4.39 Å². The van der Waals surface area contributed by atoms with Crippen molar-refractivity contribution < 1.29 is 8.91 Å². The molecule has 13 heavy (non-hydrogen) atoms. The molecule has 4 nitrogen and oxygen atoms in total. The predicted molar refractivity (Wildman–Crippen MR) is 46.5 cm³/mol. The molecular weight excluding hydrogens is 197 g/mol. The van der Waals surface area contributed by atoms with Gasteiger partial charge in [0.1, 0.15) is 6.17 Å². The Balaban J connectivity index is 0.000000845. The second-order valence-corrected chi connectivity index (χ2v) is 2.97. The molecule has 0 aliphatic carbocycles. The Morgan fingerprint density at radius 2 is 2.38 bits per heavy atom. The van der Waals surface area contributed by atoms with Crippen LogP contribution in [0.3, 0.4) is 0 Å². The maximum Gasteiger partial charge on any atom is 0.243 e. The van der Waals surface area contributed by atoms with Crippen LogP contribution in [0.1, 0.15) is 24.2 Å². The van der Waals surface area contributed by atoms with Crippen LogP contribution in [0.2, 0.25) is 0 Å². The fraction of sp³-hybridized carbons (Fsp3) is 0.714. The average molecular weight is 208 g/mol. The van der Waals surface area contributed by atoms with Gasteiger partial charge in [-0.25, -0.2) is 4.39 Å². The van der Waals surface area contributed by atoms with Crippen molar-refractivity contribution in [1.29, 1.82) is 0 Å². The molecule has 1 aromatic heterocycles. The molecule has 0 aromatic carbocycles. The van der Waals surface area contributed by atoms with Crippen LogP contribution in [-0.4, -0.2) is 22.9 Å². The SMILES string of the molecule is Cc1noc([C@H]2C[C@H](F)CN2)n1.Cl. The number of aromatic nitrogens is 2. The number of halogens is 2. The first-order valence-electron chi connectivity index (χ1n) is 3.93. The van der Waals surface area contributed by atoms with Gasteiger partial charge in [-0.2, -0.15) is 4.98 Å². The van der Waals surface area contributed by atoms with Gasteiger partial charge in [0.25, 0.3) is 0 Å². The molecule has 0 radical (unpaired) electrons. The van der Waals surface area contributed by atoms with Gasteiger partial charge >= 0.3 is 0 Å². The van der Waals surface area contributed by atoms with E-state index in [4.69, 9.17) is 4.52 Å². The molecule has 0 spiro atoms. The van der Waals surface area contributed by atoms with E-state index in [0.717, 1.165) is 0 Å². The molecule has 1 aliphatic rings.